The summed E-state index contributed by atoms with van der Waals surface area (Å²) in [6, 6.07) is 13.4. The van der Waals surface area contributed by atoms with Crippen molar-refractivity contribution in [2.24, 2.45) is 0 Å². The lowest BCUT2D eigenvalue weighted by atomic mass is 10.0. The standard InChI is InChI=1S/C26H31N5O4/c1-17-7-5-6-14-30(17)25(34)16-31-22-9-4-3-8-21(22)29-26(35)23(31)15-24(33)28-20-12-10-19(11-13-20)27-18(2)32/h3-4,8-13,17,23H,5-7,14-16H2,1-2H3,(H,27,32)(H,28,33)(H,29,35)/t17-,23-/m1/s1. The van der Waals surface area contributed by atoms with E-state index in [0.29, 0.717) is 23.6 Å². The van der Waals surface area contributed by atoms with Crippen LogP contribution in [-0.4, -0.2) is 53.7 Å². The van der Waals surface area contributed by atoms with Crippen LogP contribution in [0.3, 0.4) is 0 Å². The first-order valence-electron chi connectivity index (χ1n) is 12.0. The van der Waals surface area contributed by atoms with Crippen molar-refractivity contribution in [1.82, 2.24) is 4.90 Å². The van der Waals surface area contributed by atoms with E-state index < -0.39 is 6.04 Å². The number of nitrogens with zero attached hydrogens (tertiary/aromatic N) is 2. The van der Waals surface area contributed by atoms with Gasteiger partial charge in [-0.25, -0.2) is 0 Å². The number of amides is 4. The zero-order valence-electron chi connectivity index (χ0n) is 20.0. The Morgan fingerprint density at radius 2 is 1.69 bits per heavy atom. The first kappa shape index (κ1) is 24.3. The van der Waals surface area contributed by atoms with Crippen LogP contribution in [0.4, 0.5) is 22.7 Å². The quantitative estimate of drug-likeness (QED) is 0.592. The summed E-state index contributed by atoms with van der Waals surface area (Å²) in [5.74, 6) is -0.889. The van der Waals surface area contributed by atoms with Crippen LogP contribution < -0.4 is 20.9 Å². The third-order valence-corrected chi connectivity index (χ3v) is 6.45. The van der Waals surface area contributed by atoms with Crippen molar-refractivity contribution in [1.29, 1.82) is 0 Å². The topological polar surface area (TPSA) is 111 Å². The summed E-state index contributed by atoms with van der Waals surface area (Å²) in [6.07, 6.45) is 2.93. The lowest BCUT2D eigenvalue weighted by molar-refractivity contribution is -0.133. The molecule has 0 aliphatic carbocycles. The van der Waals surface area contributed by atoms with Crippen molar-refractivity contribution in [3.8, 4) is 0 Å². The molecule has 0 bridgehead atoms. The van der Waals surface area contributed by atoms with Gasteiger partial charge in [-0.1, -0.05) is 12.1 Å². The third kappa shape index (κ3) is 5.79. The Hall–Kier alpha value is -3.88. The molecule has 0 radical (unpaired) electrons. The fourth-order valence-electron chi connectivity index (χ4n) is 4.69. The molecule has 3 N–H and O–H groups in total. The highest BCUT2D eigenvalue weighted by atomic mass is 16.2. The molecular formula is C26H31N5O4. The average molecular weight is 478 g/mol. The predicted octanol–water partition coefficient (Wildman–Crippen LogP) is 3.20. The number of likely N-dealkylation sites (tertiary alicyclic amines) is 1. The van der Waals surface area contributed by atoms with E-state index in [0.717, 1.165) is 24.9 Å². The number of piperidine rings is 1. The lowest BCUT2D eigenvalue weighted by Crippen LogP contribution is -2.54. The van der Waals surface area contributed by atoms with Gasteiger partial charge in [0.2, 0.25) is 23.6 Å². The lowest BCUT2D eigenvalue weighted by Gasteiger charge is -2.40. The van der Waals surface area contributed by atoms with E-state index >= 15 is 0 Å². The Morgan fingerprint density at radius 3 is 2.37 bits per heavy atom. The molecule has 0 saturated carbocycles. The van der Waals surface area contributed by atoms with Gasteiger partial charge in [0.25, 0.3) is 0 Å². The number of hydrogen-bond donors (Lipinski definition) is 3. The van der Waals surface area contributed by atoms with Crippen LogP contribution in [0, 0.1) is 0 Å². The van der Waals surface area contributed by atoms with Crippen molar-refractivity contribution in [3.05, 3.63) is 48.5 Å². The van der Waals surface area contributed by atoms with Gasteiger partial charge in [-0.2, -0.15) is 0 Å². The fourth-order valence-corrected chi connectivity index (χ4v) is 4.69. The monoisotopic (exact) mass is 477 g/mol. The second kappa shape index (κ2) is 10.6. The maximum absolute atomic E-state index is 13.2. The Bertz CT molecular complexity index is 1120. The van der Waals surface area contributed by atoms with Crippen molar-refractivity contribution >= 4 is 46.4 Å². The molecule has 4 rings (SSSR count). The number of carbonyl (C=O) groups excluding carboxylic acids is 4. The van der Waals surface area contributed by atoms with E-state index in [-0.39, 0.29) is 42.6 Å². The fraction of sp³-hybridized carbons (Fsp3) is 0.385. The molecule has 0 unspecified atom stereocenters. The molecule has 2 heterocycles. The average Bonchev–Trinajstić information content (AvgIpc) is 2.82. The number of carbonyl (C=O) groups is 4. The SMILES string of the molecule is CC(=O)Nc1ccc(NC(=O)C[C@@H]2C(=O)Nc3ccccc3N2CC(=O)N2CCCC[C@H]2C)cc1. The van der Waals surface area contributed by atoms with Gasteiger partial charge in [0.05, 0.1) is 24.3 Å². The van der Waals surface area contributed by atoms with Crippen LogP contribution in [0.15, 0.2) is 48.5 Å². The third-order valence-electron chi connectivity index (χ3n) is 6.45. The smallest absolute Gasteiger partial charge is 0.247 e. The predicted molar refractivity (Wildman–Crippen MR) is 135 cm³/mol. The molecule has 184 valence electrons. The van der Waals surface area contributed by atoms with E-state index in [1.165, 1.54) is 6.92 Å². The molecule has 2 atom stereocenters. The highest BCUT2D eigenvalue weighted by molar-refractivity contribution is 6.07. The molecule has 0 spiro atoms. The van der Waals surface area contributed by atoms with E-state index in [1.54, 1.807) is 35.2 Å². The zero-order chi connectivity index (χ0) is 24.9. The van der Waals surface area contributed by atoms with Gasteiger partial charge in [0, 0.05) is 30.9 Å². The molecule has 4 amide bonds. The minimum Gasteiger partial charge on any atom is -0.348 e. The van der Waals surface area contributed by atoms with Gasteiger partial charge >= 0.3 is 0 Å². The number of para-hydroxylation sites is 2. The first-order chi connectivity index (χ1) is 16.8. The highest BCUT2D eigenvalue weighted by Crippen LogP contribution is 2.33. The molecule has 2 aliphatic heterocycles. The maximum atomic E-state index is 13.2. The second-order valence-corrected chi connectivity index (χ2v) is 9.09. The molecule has 9 heteroatoms. The maximum Gasteiger partial charge on any atom is 0.247 e. The molecule has 35 heavy (non-hydrogen) atoms. The molecule has 2 aliphatic rings. The summed E-state index contributed by atoms with van der Waals surface area (Å²) >= 11 is 0. The number of nitrogens with one attached hydrogen (secondary N) is 3. The van der Waals surface area contributed by atoms with E-state index in [9.17, 15) is 19.2 Å². The minimum absolute atomic E-state index is 0.0259. The number of hydrogen-bond acceptors (Lipinski definition) is 5. The van der Waals surface area contributed by atoms with Crippen molar-refractivity contribution in [2.75, 3.05) is 33.9 Å². The molecule has 9 nitrogen and oxygen atoms in total. The number of benzene rings is 2. The number of rotatable bonds is 6. The molecule has 0 aromatic heterocycles. The van der Waals surface area contributed by atoms with E-state index in [4.69, 9.17) is 0 Å². The molecular weight excluding hydrogens is 446 g/mol. The van der Waals surface area contributed by atoms with Gasteiger partial charge in [-0.15, -0.1) is 0 Å². The number of fused-ring (bicyclic) bond motifs is 1. The minimum atomic E-state index is -0.826. The summed E-state index contributed by atoms with van der Waals surface area (Å²) in [4.78, 5) is 54.0. The molecule has 2 aromatic rings. The van der Waals surface area contributed by atoms with Gasteiger partial charge in [0.1, 0.15) is 6.04 Å². The Kier molecular flexibility index (Phi) is 7.33. The highest BCUT2D eigenvalue weighted by Gasteiger charge is 2.37. The van der Waals surface area contributed by atoms with Crippen LogP contribution in [0.25, 0.3) is 0 Å². The summed E-state index contributed by atoms with van der Waals surface area (Å²) in [5.41, 5.74) is 2.52. The normalized spacial score (nSPS) is 19.4. The molecule has 1 saturated heterocycles. The van der Waals surface area contributed by atoms with Crippen LogP contribution >= 0.6 is 0 Å². The summed E-state index contributed by atoms with van der Waals surface area (Å²) in [5, 5.41) is 8.35. The summed E-state index contributed by atoms with van der Waals surface area (Å²) < 4.78 is 0. The molecule has 2 aromatic carbocycles. The van der Waals surface area contributed by atoms with Crippen molar-refractivity contribution in [2.45, 2.75) is 51.6 Å². The number of anilines is 4. The van der Waals surface area contributed by atoms with Gasteiger partial charge in [-0.05, 0) is 62.6 Å². The van der Waals surface area contributed by atoms with E-state index in [1.807, 2.05) is 23.1 Å². The zero-order valence-corrected chi connectivity index (χ0v) is 20.0. The summed E-state index contributed by atoms with van der Waals surface area (Å²) in [7, 11) is 0. The van der Waals surface area contributed by atoms with Crippen LogP contribution in [0.5, 0.6) is 0 Å². The second-order valence-electron chi connectivity index (χ2n) is 9.09. The van der Waals surface area contributed by atoms with Crippen LogP contribution in [0.2, 0.25) is 0 Å². The molecule has 1 fully saturated rings. The Balaban J connectivity index is 1.50. The van der Waals surface area contributed by atoms with Gasteiger partial charge < -0.3 is 25.8 Å². The van der Waals surface area contributed by atoms with Crippen molar-refractivity contribution in [3.63, 3.8) is 0 Å². The van der Waals surface area contributed by atoms with Crippen LogP contribution in [-0.2, 0) is 19.2 Å². The van der Waals surface area contributed by atoms with Crippen LogP contribution in [0.1, 0.15) is 39.5 Å². The van der Waals surface area contributed by atoms with Gasteiger partial charge in [0.15, 0.2) is 0 Å². The summed E-state index contributed by atoms with van der Waals surface area (Å²) in [6.45, 7) is 4.21. The van der Waals surface area contributed by atoms with Gasteiger partial charge in [-0.3, -0.25) is 19.2 Å². The first-order valence-corrected chi connectivity index (χ1v) is 12.0. The largest absolute Gasteiger partial charge is 0.348 e. The Morgan fingerprint density at radius 1 is 1.00 bits per heavy atom. The van der Waals surface area contributed by atoms with E-state index in [2.05, 4.69) is 22.9 Å². The Labute approximate surface area is 204 Å². The van der Waals surface area contributed by atoms with Crippen molar-refractivity contribution < 1.29 is 19.2 Å².